The summed E-state index contributed by atoms with van der Waals surface area (Å²) in [6.07, 6.45) is 9.44. The van der Waals surface area contributed by atoms with Crippen LogP contribution in [0, 0.1) is 0 Å². The minimum Gasteiger partial charge on any atom is -0.377 e. The Hall–Kier alpha value is -2.86. The minimum absolute atomic E-state index is 0.130. The standard InChI is InChI=1S/C27H34N4O2/c1-4-6-8-20(5-2)21-10-11-25-22(15-21)9-7-13-30(25)27-24-16-29(19(3)32)14-12-26(24)31(28-27)23-17-33-18-23/h5,8,10-11,15,23H,2,4,6-7,9,12-14,16-18H2,1,3H3/b20-8+. The number of hydrogen-bond acceptors (Lipinski definition) is 4. The molecule has 1 amide bonds. The van der Waals surface area contributed by atoms with Crippen molar-refractivity contribution in [3.8, 4) is 0 Å². The summed E-state index contributed by atoms with van der Waals surface area (Å²) in [5.41, 5.74) is 7.52. The van der Waals surface area contributed by atoms with Gasteiger partial charge in [0.05, 0.1) is 25.8 Å². The predicted molar refractivity (Wildman–Crippen MR) is 132 cm³/mol. The van der Waals surface area contributed by atoms with Gasteiger partial charge in [-0.15, -0.1) is 0 Å². The fourth-order valence-corrected chi connectivity index (χ4v) is 5.20. The number of rotatable bonds is 6. The number of anilines is 2. The van der Waals surface area contributed by atoms with E-state index >= 15 is 0 Å². The number of aryl methyl sites for hydroxylation is 1. The number of carbonyl (C=O) groups is 1. The molecule has 174 valence electrons. The SMILES string of the molecule is C=C/C(=C\CCC)c1ccc2c(c1)CCCN2c1nn(C2COC2)c2c1CN(C(C)=O)CC2. The molecule has 6 heteroatoms. The third kappa shape index (κ3) is 4.01. The summed E-state index contributed by atoms with van der Waals surface area (Å²) in [7, 11) is 0. The van der Waals surface area contributed by atoms with Crippen LogP contribution in [0.3, 0.4) is 0 Å². The quantitative estimate of drug-likeness (QED) is 0.598. The average molecular weight is 447 g/mol. The lowest BCUT2D eigenvalue weighted by Crippen LogP contribution is -2.37. The maximum Gasteiger partial charge on any atom is 0.219 e. The van der Waals surface area contributed by atoms with Crippen molar-refractivity contribution in [2.24, 2.45) is 0 Å². The molecule has 5 rings (SSSR count). The van der Waals surface area contributed by atoms with Gasteiger partial charge in [-0.1, -0.05) is 38.1 Å². The lowest BCUT2D eigenvalue weighted by molar-refractivity contribution is -0.129. The van der Waals surface area contributed by atoms with E-state index in [-0.39, 0.29) is 5.91 Å². The van der Waals surface area contributed by atoms with Crippen LogP contribution in [-0.2, 0) is 28.9 Å². The Kier molecular flexibility index (Phi) is 6.11. The zero-order valence-electron chi connectivity index (χ0n) is 19.8. The number of nitrogens with zero attached hydrogens (tertiary/aromatic N) is 4. The maximum atomic E-state index is 12.2. The van der Waals surface area contributed by atoms with Gasteiger partial charge in [-0.2, -0.15) is 5.10 Å². The number of benzene rings is 1. The van der Waals surface area contributed by atoms with E-state index in [2.05, 4.69) is 47.4 Å². The molecule has 1 fully saturated rings. The van der Waals surface area contributed by atoms with Crippen molar-refractivity contribution in [1.29, 1.82) is 0 Å². The molecule has 0 radical (unpaired) electrons. The van der Waals surface area contributed by atoms with Crippen molar-refractivity contribution >= 4 is 23.0 Å². The van der Waals surface area contributed by atoms with Crippen LogP contribution in [-0.4, -0.2) is 46.9 Å². The van der Waals surface area contributed by atoms with Crippen LogP contribution in [0.15, 0.2) is 36.9 Å². The molecule has 0 atom stereocenters. The second kappa shape index (κ2) is 9.18. The largest absolute Gasteiger partial charge is 0.377 e. The molecule has 0 aliphatic carbocycles. The molecular formula is C27H34N4O2. The molecule has 0 spiro atoms. The number of ether oxygens (including phenoxy) is 1. The van der Waals surface area contributed by atoms with Crippen LogP contribution in [0.4, 0.5) is 11.5 Å². The summed E-state index contributed by atoms with van der Waals surface area (Å²) >= 11 is 0. The van der Waals surface area contributed by atoms with Crippen molar-refractivity contribution in [2.75, 3.05) is 31.2 Å². The molecular weight excluding hydrogens is 412 g/mol. The fraction of sp³-hybridized carbons (Fsp3) is 0.481. The number of allylic oxidation sites excluding steroid dienone is 3. The molecule has 2 aromatic rings. The van der Waals surface area contributed by atoms with Crippen LogP contribution < -0.4 is 4.90 Å². The zero-order valence-corrected chi connectivity index (χ0v) is 19.8. The highest BCUT2D eigenvalue weighted by Gasteiger charge is 2.34. The summed E-state index contributed by atoms with van der Waals surface area (Å²) in [4.78, 5) is 16.5. The minimum atomic E-state index is 0.130. The van der Waals surface area contributed by atoms with Crippen LogP contribution in [0.25, 0.3) is 5.57 Å². The van der Waals surface area contributed by atoms with E-state index in [4.69, 9.17) is 9.84 Å². The first-order valence-electron chi connectivity index (χ1n) is 12.3. The Bertz CT molecular complexity index is 1100. The van der Waals surface area contributed by atoms with Gasteiger partial charge in [-0.25, -0.2) is 0 Å². The third-order valence-electron chi connectivity index (χ3n) is 7.14. The lowest BCUT2D eigenvalue weighted by atomic mass is 9.95. The van der Waals surface area contributed by atoms with Gasteiger partial charge in [0.2, 0.25) is 5.91 Å². The molecule has 1 aromatic heterocycles. The normalized spacial score (nSPS) is 18.5. The summed E-state index contributed by atoms with van der Waals surface area (Å²) in [6.45, 7) is 11.7. The summed E-state index contributed by atoms with van der Waals surface area (Å²) in [5, 5.41) is 5.14. The number of hydrogen-bond donors (Lipinski definition) is 0. The van der Waals surface area contributed by atoms with Gasteiger partial charge in [-0.05, 0) is 48.1 Å². The van der Waals surface area contributed by atoms with E-state index in [0.717, 1.165) is 64.2 Å². The lowest BCUT2D eigenvalue weighted by Gasteiger charge is -2.33. The number of fused-ring (bicyclic) bond motifs is 2. The highest BCUT2D eigenvalue weighted by atomic mass is 16.5. The van der Waals surface area contributed by atoms with Crippen molar-refractivity contribution < 1.29 is 9.53 Å². The van der Waals surface area contributed by atoms with Crippen LogP contribution in [0.1, 0.15) is 61.5 Å². The van der Waals surface area contributed by atoms with E-state index in [0.29, 0.717) is 12.6 Å². The molecule has 6 nitrogen and oxygen atoms in total. The number of aromatic nitrogens is 2. The summed E-state index contributed by atoms with van der Waals surface area (Å²) < 4.78 is 7.66. The van der Waals surface area contributed by atoms with Gasteiger partial charge in [0.1, 0.15) is 0 Å². The second-order valence-electron chi connectivity index (χ2n) is 9.33. The highest BCUT2D eigenvalue weighted by Crippen LogP contribution is 2.40. The Morgan fingerprint density at radius 1 is 1.27 bits per heavy atom. The topological polar surface area (TPSA) is 50.6 Å². The molecule has 0 unspecified atom stereocenters. The van der Waals surface area contributed by atoms with Gasteiger partial charge in [0.25, 0.3) is 0 Å². The van der Waals surface area contributed by atoms with Crippen LogP contribution in [0.5, 0.6) is 0 Å². The Morgan fingerprint density at radius 3 is 2.82 bits per heavy atom. The first kappa shape index (κ1) is 22.0. The van der Waals surface area contributed by atoms with E-state index < -0.39 is 0 Å². The fourth-order valence-electron chi connectivity index (χ4n) is 5.20. The third-order valence-corrected chi connectivity index (χ3v) is 7.14. The van der Waals surface area contributed by atoms with E-state index in [1.54, 1.807) is 6.92 Å². The van der Waals surface area contributed by atoms with Gasteiger partial charge in [0.15, 0.2) is 5.82 Å². The Morgan fingerprint density at radius 2 is 2.12 bits per heavy atom. The van der Waals surface area contributed by atoms with Gasteiger partial charge in [0, 0.05) is 43.4 Å². The number of unbranched alkanes of at least 4 members (excludes halogenated alkanes) is 1. The van der Waals surface area contributed by atoms with Crippen molar-refractivity contribution in [3.05, 3.63) is 59.3 Å². The molecule has 1 aromatic carbocycles. The van der Waals surface area contributed by atoms with Crippen molar-refractivity contribution in [1.82, 2.24) is 14.7 Å². The molecule has 3 aliphatic heterocycles. The Balaban J connectivity index is 1.54. The van der Waals surface area contributed by atoms with E-state index in [9.17, 15) is 4.79 Å². The molecule has 3 aliphatic rings. The second-order valence-corrected chi connectivity index (χ2v) is 9.33. The van der Waals surface area contributed by atoms with E-state index in [1.165, 1.54) is 33.6 Å². The first-order valence-corrected chi connectivity index (χ1v) is 12.3. The molecule has 0 N–H and O–H groups in total. The monoisotopic (exact) mass is 446 g/mol. The Labute approximate surface area is 196 Å². The maximum absolute atomic E-state index is 12.2. The smallest absolute Gasteiger partial charge is 0.219 e. The average Bonchev–Trinajstić information content (AvgIpc) is 3.16. The highest BCUT2D eigenvalue weighted by molar-refractivity contribution is 5.78. The summed E-state index contributed by atoms with van der Waals surface area (Å²) in [5.74, 6) is 1.15. The van der Waals surface area contributed by atoms with Crippen molar-refractivity contribution in [3.63, 3.8) is 0 Å². The predicted octanol–water partition coefficient (Wildman–Crippen LogP) is 4.81. The number of carbonyl (C=O) groups excluding carboxylic acids is 1. The van der Waals surface area contributed by atoms with Gasteiger partial charge < -0.3 is 14.5 Å². The van der Waals surface area contributed by atoms with Crippen LogP contribution >= 0.6 is 0 Å². The van der Waals surface area contributed by atoms with E-state index in [1.807, 2.05) is 11.0 Å². The molecule has 1 saturated heterocycles. The molecule has 0 bridgehead atoms. The van der Waals surface area contributed by atoms with Gasteiger partial charge in [-0.3, -0.25) is 9.48 Å². The zero-order chi connectivity index (χ0) is 22.9. The van der Waals surface area contributed by atoms with Gasteiger partial charge >= 0.3 is 0 Å². The molecule has 33 heavy (non-hydrogen) atoms. The first-order chi connectivity index (χ1) is 16.1. The summed E-state index contributed by atoms with van der Waals surface area (Å²) in [6, 6.07) is 7.10. The molecule has 0 saturated carbocycles. The van der Waals surface area contributed by atoms with Crippen LogP contribution in [0.2, 0.25) is 0 Å². The number of amides is 1. The van der Waals surface area contributed by atoms with Crippen molar-refractivity contribution in [2.45, 2.75) is 58.5 Å². The molecule has 4 heterocycles.